The normalized spacial score (nSPS) is 19.9. The largest absolute Gasteiger partial charge is 0.469 e. The van der Waals surface area contributed by atoms with Crippen molar-refractivity contribution in [3.63, 3.8) is 0 Å². The van der Waals surface area contributed by atoms with Crippen molar-refractivity contribution in [1.82, 2.24) is 25.1 Å². The number of rotatable bonds is 6. The van der Waals surface area contributed by atoms with Gasteiger partial charge in [0, 0.05) is 35.9 Å². The van der Waals surface area contributed by atoms with E-state index in [2.05, 4.69) is 31.8 Å². The number of methoxy groups -OCH3 is 1. The summed E-state index contributed by atoms with van der Waals surface area (Å²) >= 11 is 0. The third-order valence-corrected chi connectivity index (χ3v) is 6.42. The summed E-state index contributed by atoms with van der Waals surface area (Å²) in [7, 11) is 1.41. The maximum Gasteiger partial charge on any atom is 0.308 e. The van der Waals surface area contributed by atoms with Crippen molar-refractivity contribution < 1.29 is 14.3 Å². The van der Waals surface area contributed by atoms with Crippen LogP contribution in [0.5, 0.6) is 0 Å². The van der Waals surface area contributed by atoms with E-state index in [4.69, 9.17) is 10.00 Å². The zero-order valence-electron chi connectivity index (χ0n) is 18.8. The summed E-state index contributed by atoms with van der Waals surface area (Å²) in [5, 5.41) is 20.8. The lowest BCUT2D eigenvalue weighted by atomic mass is 9.86. The average molecular weight is 460 g/mol. The number of aromatic nitrogens is 4. The number of hydrogen-bond donors (Lipinski definition) is 2. The second kappa shape index (κ2) is 9.09. The van der Waals surface area contributed by atoms with Gasteiger partial charge in [-0.2, -0.15) is 15.0 Å². The fourth-order valence-electron chi connectivity index (χ4n) is 4.36. The summed E-state index contributed by atoms with van der Waals surface area (Å²) in [6.07, 6.45) is 9.69. The number of fused-ring (bicyclic) bond motifs is 1. The molecule has 10 heteroatoms. The van der Waals surface area contributed by atoms with E-state index in [1.165, 1.54) is 13.3 Å². The van der Waals surface area contributed by atoms with Crippen LogP contribution in [0.2, 0.25) is 0 Å². The molecule has 0 atom stereocenters. The van der Waals surface area contributed by atoms with Crippen molar-refractivity contribution in [1.29, 1.82) is 5.26 Å². The molecule has 0 aromatic carbocycles. The molecule has 3 aromatic rings. The minimum atomic E-state index is -0.189. The van der Waals surface area contributed by atoms with Crippen LogP contribution in [0.25, 0.3) is 16.9 Å². The molecule has 0 aliphatic heterocycles. The number of esters is 1. The van der Waals surface area contributed by atoms with Crippen molar-refractivity contribution in [3.05, 3.63) is 41.9 Å². The number of anilines is 1. The smallest absolute Gasteiger partial charge is 0.308 e. The first-order valence-corrected chi connectivity index (χ1v) is 11.4. The third-order valence-electron chi connectivity index (χ3n) is 6.42. The number of carbonyl (C=O) groups excluding carboxylic acids is 2. The lowest BCUT2D eigenvalue weighted by Gasteiger charge is -2.27. The van der Waals surface area contributed by atoms with Gasteiger partial charge in [0.1, 0.15) is 6.07 Å². The Hall–Kier alpha value is -4.00. The topological polar surface area (TPSA) is 135 Å². The van der Waals surface area contributed by atoms with Gasteiger partial charge in [-0.05, 0) is 44.6 Å². The minimum Gasteiger partial charge on any atom is -0.469 e. The van der Waals surface area contributed by atoms with E-state index in [-0.39, 0.29) is 23.8 Å². The fourth-order valence-corrected chi connectivity index (χ4v) is 4.36. The van der Waals surface area contributed by atoms with Gasteiger partial charge in [-0.3, -0.25) is 9.59 Å². The van der Waals surface area contributed by atoms with Crippen LogP contribution in [0.3, 0.4) is 0 Å². The summed E-state index contributed by atoms with van der Waals surface area (Å²) in [5.41, 5.74) is 2.22. The fraction of sp³-hybridized carbons (Fsp3) is 0.417. The Labute approximate surface area is 196 Å². The molecule has 0 bridgehead atoms. The molecular weight excluding hydrogens is 434 g/mol. The van der Waals surface area contributed by atoms with Gasteiger partial charge in [0.15, 0.2) is 11.5 Å². The molecule has 0 saturated heterocycles. The van der Waals surface area contributed by atoms with E-state index < -0.39 is 0 Å². The Morgan fingerprint density at radius 2 is 1.82 bits per heavy atom. The van der Waals surface area contributed by atoms with Gasteiger partial charge >= 0.3 is 5.97 Å². The molecule has 2 fully saturated rings. The van der Waals surface area contributed by atoms with Crippen LogP contribution in [0.1, 0.15) is 54.4 Å². The van der Waals surface area contributed by atoms with Crippen molar-refractivity contribution >= 4 is 28.6 Å². The van der Waals surface area contributed by atoms with Crippen LogP contribution in [0.4, 0.5) is 5.69 Å². The standard InChI is InChI=1S/C24H25N7O3/c1-34-24(33)15-2-4-18(5-3-15)30-23(32)19-13-26-21(9-20(19)29-17-6-7-17)31-22-16(12-28-31)8-14(10-25)11-27-22/h8-9,11-13,15,17-18H,2-7H2,1H3,(H,26,29)(H,30,32)/t15-,18-. The minimum absolute atomic E-state index is 0.00967. The highest BCUT2D eigenvalue weighted by molar-refractivity contribution is 6.00. The van der Waals surface area contributed by atoms with E-state index in [1.807, 2.05) is 6.07 Å². The Morgan fingerprint density at radius 1 is 1.06 bits per heavy atom. The van der Waals surface area contributed by atoms with Crippen molar-refractivity contribution in [2.24, 2.45) is 5.92 Å². The molecule has 3 aromatic heterocycles. The van der Waals surface area contributed by atoms with Gasteiger partial charge in [0.2, 0.25) is 0 Å². The van der Waals surface area contributed by atoms with Gasteiger partial charge in [0.25, 0.3) is 5.91 Å². The van der Waals surface area contributed by atoms with Gasteiger partial charge < -0.3 is 15.4 Å². The maximum atomic E-state index is 13.1. The molecule has 2 aliphatic carbocycles. The second-order valence-corrected chi connectivity index (χ2v) is 8.86. The average Bonchev–Trinajstić information content (AvgIpc) is 3.58. The van der Waals surface area contributed by atoms with Gasteiger partial charge in [-0.15, -0.1) is 0 Å². The van der Waals surface area contributed by atoms with Crippen LogP contribution >= 0.6 is 0 Å². The first-order valence-electron chi connectivity index (χ1n) is 11.4. The van der Waals surface area contributed by atoms with E-state index in [1.54, 1.807) is 23.1 Å². The van der Waals surface area contributed by atoms with E-state index >= 15 is 0 Å². The molecule has 3 heterocycles. The van der Waals surface area contributed by atoms with E-state index in [0.717, 1.165) is 31.1 Å². The molecule has 2 aliphatic rings. The molecule has 174 valence electrons. The molecule has 0 unspecified atom stereocenters. The number of amides is 1. The zero-order chi connectivity index (χ0) is 23.7. The number of hydrogen-bond acceptors (Lipinski definition) is 8. The van der Waals surface area contributed by atoms with Crippen LogP contribution in [-0.4, -0.2) is 50.8 Å². The molecule has 2 N–H and O–H groups in total. The molecule has 34 heavy (non-hydrogen) atoms. The second-order valence-electron chi connectivity index (χ2n) is 8.86. The molecule has 0 spiro atoms. The molecule has 2 saturated carbocycles. The molecular formula is C24H25N7O3. The molecule has 10 nitrogen and oxygen atoms in total. The number of ether oxygens (including phenoxy) is 1. The van der Waals surface area contributed by atoms with E-state index in [0.29, 0.717) is 47.2 Å². The van der Waals surface area contributed by atoms with Crippen LogP contribution < -0.4 is 10.6 Å². The van der Waals surface area contributed by atoms with Crippen molar-refractivity contribution in [3.8, 4) is 11.9 Å². The Bertz CT molecular complexity index is 1280. The number of nitrogens with one attached hydrogen (secondary N) is 2. The lowest BCUT2D eigenvalue weighted by Crippen LogP contribution is -2.39. The maximum absolute atomic E-state index is 13.1. The highest BCUT2D eigenvalue weighted by atomic mass is 16.5. The van der Waals surface area contributed by atoms with Crippen LogP contribution in [0.15, 0.2) is 30.7 Å². The number of nitrogens with zero attached hydrogens (tertiary/aromatic N) is 5. The van der Waals surface area contributed by atoms with E-state index in [9.17, 15) is 9.59 Å². The van der Waals surface area contributed by atoms with Gasteiger partial charge in [-0.25, -0.2) is 9.97 Å². The van der Waals surface area contributed by atoms with Crippen molar-refractivity contribution in [2.45, 2.75) is 50.6 Å². The van der Waals surface area contributed by atoms with Crippen LogP contribution in [-0.2, 0) is 9.53 Å². The lowest BCUT2D eigenvalue weighted by molar-refractivity contribution is -0.146. The highest BCUT2D eigenvalue weighted by Crippen LogP contribution is 2.29. The first kappa shape index (κ1) is 21.8. The predicted molar refractivity (Wildman–Crippen MR) is 123 cm³/mol. The number of carbonyl (C=O) groups is 2. The summed E-state index contributed by atoms with van der Waals surface area (Å²) in [5.74, 6) is 0.0780. The summed E-state index contributed by atoms with van der Waals surface area (Å²) in [4.78, 5) is 33.8. The molecule has 1 amide bonds. The van der Waals surface area contributed by atoms with Gasteiger partial charge in [-0.1, -0.05) is 0 Å². The summed E-state index contributed by atoms with van der Waals surface area (Å²) in [6, 6.07) is 5.96. The van der Waals surface area contributed by atoms with Crippen LogP contribution in [0, 0.1) is 17.2 Å². The van der Waals surface area contributed by atoms with Gasteiger partial charge in [0.05, 0.1) is 36.0 Å². The predicted octanol–water partition coefficient (Wildman–Crippen LogP) is 2.72. The quantitative estimate of drug-likeness (QED) is 0.537. The third kappa shape index (κ3) is 4.41. The summed E-state index contributed by atoms with van der Waals surface area (Å²) < 4.78 is 6.45. The highest BCUT2D eigenvalue weighted by Gasteiger charge is 2.29. The SMILES string of the molecule is COC(=O)[C@H]1CC[C@H](NC(=O)c2cnc(-n3ncc4cc(C#N)cnc43)cc2NC2CC2)CC1. The number of pyridine rings is 2. The zero-order valence-corrected chi connectivity index (χ0v) is 18.8. The molecule has 0 radical (unpaired) electrons. The Balaban J connectivity index is 1.37. The first-order chi connectivity index (χ1) is 16.6. The Morgan fingerprint density at radius 3 is 2.53 bits per heavy atom. The summed E-state index contributed by atoms with van der Waals surface area (Å²) in [6.45, 7) is 0. The monoisotopic (exact) mass is 459 g/mol. The Kier molecular flexibility index (Phi) is 5.84. The van der Waals surface area contributed by atoms with Crippen molar-refractivity contribution in [2.75, 3.05) is 12.4 Å². The number of nitriles is 1. The molecule has 5 rings (SSSR count).